The van der Waals surface area contributed by atoms with Gasteiger partial charge in [0.1, 0.15) is 17.3 Å². The van der Waals surface area contributed by atoms with Crippen LogP contribution < -0.4 is 4.90 Å². The number of rotatable bonds is 6. The number of piperidine rings is 1. The van der Waals surface area contributed by atoms with Gasteiger partial charge in [-0.05, 0) is 30.0 Å². The summed E-state index contributed by atoms with van der Waals surface area (Å²) < 4.78 is 29.4. The smallest absolute Gasteiger partial charge is 0.155 e. The van der Waals surface area contributed by atoms with Gasteiger partial charge in [0.15, 0.2) is 5.82 Å². The zero-order chi connectivity index (χ0) is 27.0. The van der Waals surface area contributed by atoms with E-state index in [1.54, 1.807) is 4.68 Å². The Bertz CT molecular complexity index is 1470. The maximum atomic E-state index is 14.3. The van der Waals surface area contributed by atoms with Gasteiger partial charge < -0.3 is 10.0 Å². The predicted molar refractivity (Wildman–Crippen MR) is 145 cm³/mol. The number of hydrogen-bond donors (Lipinski definition) is 1. The van der Waals surface area contributed by atoms with Crippen LogP contribution in [0.5, 0.6) is 0 Å². The van der Waals surface area contributed by atoms with Crippen LogP contribution in [0.4, 0.5) is 14.6 Å². The summed E-state index contributed by atoms with van der Waals surface area (Å²) in [6.07, 6.45) is 5.61. The van der Waals surface area contributed by atoms with E-state index in [2.05, 4.69) is 39.2 Å². The van der Waals surface area contributed by atoms with Crippen molar-refractivity contribution in [1.82, 2.24) is 24.6 Å². The molecule has 6 rings (SSSR count). The first kappa shape index (κ1) is 25.6. The Labute approximate surface area is 226 Å². The maximum Gasteiger partial charge on any atom is 0.155 e. The van der Waals surface area contributed by atoms with E-state index in [0.717, 1.165) is 60.6 Å². The molecule has 0 unspecified atom stereocenters. The molecule has 0 aliphatic carbocycles. The van der Waals surface area contributed by atoms with Crippen molar-refractivity contribution in [2.24, 2.45) is 7.05 Å². The van der Waals surface area contributed by atoms with Gasteiger partial charge in [-0.25, -0.2) is 18.7 Å². The van der Waals surface area contributed by atoms with Crippen molar-refractivity contribution >= 4 is 5.82 Å². The van der Waals surface area contributed by atoms with Crippen LogP contribution in [-0.2, 0) is 33.0 Å². The van der Waals surface area contributed by atoms with Crippen LogP contribution in [0.25, 0.3) is 11.3 Å². The normalized spacial score (nSPS) is 17.3. The Morgan fingerprint density at radius 3 is 2.49 bits per heavy atom. The molecular weight excluding hydrogens is 498 g/mol. The summed E-state index contributed by atoms with van der Waals surface area (Å²) >= 11 is 0. The molecule has 0 atom stereocenters. The van der Waals surface area contributed by atoms with Crippen molar-refractivity contribution < 1.29 is 13.9 Å². The summed E-state index contributed by atoms with van der Waals surface area (Å²) in [6.45, 7) is 3.62. The highest BCUT2D eigenvalue weighted by Gasteiger charge is 2.35. The van der Waals surface area contributed by atoms with E-state index in [9.17, 15) is 13.9 Å². The predicted octanol–water partition coefficient (Wildman–Crippen LogP) is 4.29. The molecule has 7 nitrogen and oxygen atoms in total. The van der Waals surface area contributed by atoms with Crippen LogP contribution in [0.15, 0.2) is 60.9 Å². The topological polar surface area (TPSA) is 70.3 Å². The van der Waals surface area contributed by atoms with Crippen LogP contribution in [0.2, 0.25) is 0 Å². The van der Waals surface area contributed by atoms with E-state index >= 15 is 0 Å². The number of benzene rings is 2. The highest BCUT2D eigenvalue weighted by Crippen LogP contribution is 2.35. The zero-order valence-electron chi connectivity index (χ0n) is 22.0. The molecule has 0 amide bonds. The summed E-state index contributed by atoms with van der Waals surface area (Å²) in [5.41, 5.74) is 4.23. The Hall–Kier alpha value is -3.69. The lowest BCUT2D eigenvalue weighted by atomic mass is 9.85. The molecule has 0 spiro atoms. The molecule has 0 saturated carbocycles. The van der Waals surface area contributed by atoms with Crippen molar-refractivity contribution in [3.63, 3.8) is 0 Å². The van der Waals surface area contributed by atoms with Crippen molar-refractivity contribution in [3.05, 3.63) is 95.1 Å². The molecule has 2 aromatic carbocycles. The molecule has 2 aromatic heterocycles. The van der Waals surface area contributed by atoms with Gasteiger partial charge in [0.2, 0.25) is 0 Å². The third-order valence-electron chi connectivity index (χ3n) is 7.83. The molecule has 2 aliphatic rings. The SMILES string of the molecule is Cn1cc(-c2nc3c(nc2N2CCC(O)(Cc4ccc(F)cc4F)CC2)CCN(Cc2ccccc2)C3)cn1. The van der Waals surface area contributed by atoms with E-state index in [4.69, 9.17) is 9.97 Å². The third kappa shape index (κ3) is 5.55. The Morgan fingerprint density at radius 1 is 0.974 bits per heavy atom. The van der Waals surface area contributed by atoms with Crippen LogP contribution in [-0.4, -0.2) is 55.0 Å². The second kappa shape index (κ2) is 10.5. The summed E-state index contributed by atoms with van der Waals surface area (Å²) in [5, 5.41) is 15.6. The lowest BCUT2D eigenvalue weighted by Crippen LogP contribution is -2.46. The number of aliphatic hydroxyl groups is 1. The third-order valence-corrected chi connectivity index (χ3v) is 7.83. The number of nitrogens with zero attached hydrogens (tertiary/aromatic N) is 6. The second-order valence-corrected chi connectivity index (χ2v) is 10.8. The van der Waals surface area contributed by atoms with E-state index in [-0.39, 0.29) is 6.42 Å². The molecule has 0 bridgehead atoms. The van der Waals surface area contributed by atoms with Gasteiger partial charge in [-0.1, -0.05) is 36.4 Å². The van der Waals surface area contributed by atoms with Crippen LogP contribution in [0, 0.1) is 11.6 Å². The van der Waals surface area contributed by atoms with Crippen LogP contribution in [0.3, 0.4) is 0 Å². The first-order valence-corrected chi connectivity index (χ1v) is 13.4. The van der Waals surface area contributed by atoms with Crippen LogP contribution in [0.1, 0.15) is 35.4 Å². The molecule has 1 saturated heterocycles. The first-order chi connectivity index (χ1) is 18.8. The standard InChI is InChI=1S/C30H32F2N6O/c1-36-19-23(17-33-36)28-29(35-26-9-12-37(20-27(26)34-28)18-21-5-3-2-4-6-21)38-13-10-30(39,11-14-38)16-22-7-8-24(31)15-25(22)32/h2-8,15,17,19,39H,9-14,16,18,20H2,1H3. The maximum absolute atomic E-state index is 14.3. The quantitative estimate of drug-likeness (QED) is 0.401. The number of aromatic nitrogens is 4. The molecule has 9 heteroatoms. The van der Waals surface area contributed by atoms with Crippen molar-refractivity contribution in [2.75, 3.05) is 24.5 Å². The Balaban J connectivity index is 1.24. The van der Waals surface area contributed by atoms with Gasteiger partial charge in [0, 0.05) is 70.4 Å². The molecule has 4 heterocycles. The lowest BCUT2D eigenvalue weighted by molar-refractivity contribution is 0.0156. The van der Waals surface area contributed by atoms with E-state index in [0.29, 0.717) is 31.5 Å². The minimum absolute atomic E-state index is 0.148. The van der Waals surface area contributed by atoms with Crippen LogP contribution >= 0.6 is 0 Å². The van der Waals surface area contributed by atoms with Gasteiger partial charge in [0.05, 0.1) is 23.2 Å². The summed E-state index contributed by atoms with van der Waals surface area (Å²) in [7, 11) is 1.88. The number of halogens is 2. The largest absolute Gasteiger partial charge is 0.389 e. The number of anilines is 1. The Morgan fingerprint density at radius 2 is 1.77 bits per heavy atom. The monoisotopic (exact) mass is 530 g/mol. The van der Waals surface area contributed by atoms with Gasteiger partial charge in [-0.15, -0.1) is 0 Å². The zero-order valence-corrected chi connectivity index (χ0v) is 22.0. The minimum Gasteiger partial charge on any atom is -0.389 e. The van der Waals surface area contributed by atoms with Gasteiger partial charge >= 0.3 is 0 Å². The molecule has 202 valence electrons. The van der Waals surface area contributed by atoms with E-state index in [1.165, 1.54) is 17.7 Å². The molecular formula is C30H32F2N6O. The molecule has 1 fully saturated rings. The highest BCUT2D eigenvalue weighted by atomic mass is 19.1. The minimum atomic E-state index is -1.07. The van der Waals surface area contributed by atoms with Gasteiger partial charge in [-0.2, -0.15) is 5.10 Å². The summed E-state index contributed by atoms with van der Waals surface area (Å²) in [4.78, 5) is 14.8. The fraction of sp³-hybridized carbons (Fsp3) is 0.367. The molecule has 1 N–H and O–H groups in total. The molecule has 0 radical (unpaired) electrons. The summed E-state index contributed by atoms with van der Waals surface area (Å²) in [5.74, 6) is -0.435. The van der Waals surface area contributed by atoms with Crippen molar-refractivity contribution in [1.29, 1.82) is 0 Å². The van der Waals surface area contributed by atoms with Crippen molar-refractivity contribution in [2.45, 2.75) is 44.4 Å². The number of aryl methyl sites for hydroxylation is 1. The van der Waals surface area contributed by atoms with Gasteiger partial charge in [0.25, 0.3) is 0 Å². The first-order valence-electron chi connectivity index (χ1n) is 13.4. The summed E-state index contributed by atoms with van der Waals surface area (Å²) in [6, 6.07) is 14.0. The fourth-order valence-electron chi connectivity index (χ4n) is 5.64. The number of hydrogen-bond acceptors (Lipinski definition) is 6. The Kier molecular flexibility index (Phi) is 6.86. The highest BCUT2D eigenvalue weighted by molar-refractivity contribution is 5.72. The fourth-order valence-corrected chi connectivity index (χ4v) is 5.64. The van der Waals surface area contributed by atoms with Crippen molar-refractivity contribution in [3.8, 4) is 11.3 Å². The average molecular weight is 531 g/mol. The lowest BCUT2D eigenvalue weighted by Gasteiger charge is -2.39. The number of fused-ring (bicyclic) bond motifs is 1. The average Bonchev–Trinajstić information content (AvgIpc) is 3.37. The van der Waals surface area contributed by atoms with E-state index in [1.807, 2.05) is 25.5 Å². The second-order valence-electron chi connectivity index (χ2n) is 10.8. The molecule has 39 heavy (non-hydrogen) atoms. The van der Waals surface area contributed by atoms with E-state index < -0.39 is 17.2 Å². The molecule has 4 aromatic rings. The van der Waals surface area contributed by atoms with Gasteiger partial charge in [-0.3, -0.25) is 9.58 Å². The molecule has 2 aliphatic heterocycles.